The third-order valence-corrected chi connectivity index (χ3v) is 3.39. The van der Waals surface area contributed by atoms with Crippen molar-refractivity contribution < 1.29 is 9.47 Å². The molecule has 0 fully saturated rings. The van der Waals surface area contributed by atoms with Crippen LogP contribution in [0.5, 0.6) is 0 Å². The minimum absolute atomic E-state index is 0.00690. The van der Waals surface area contributed by atoms with E-state index in [2.05, 4.69) is 18.4 Å². The molecule has 0 aliphatic carbocycles. The molecule has 0 spiro atoms. The number of rotatable bonds is 6. The molecule has 0 aliphatic heterocycles. The normalized spacial score (nSPS) is 13.2. The van der Waals surface area contributed by atoms with Gasteiger partial charge in [-0.15, -0.1) is 0 Å². The molecule has 2 rings (SSSR count). The molecule has 0 radical (unpaired) electrons. The molecule has 1 unspecified atom stereocenters. The fraction of sp³-hybridized carbons (Fsp3) is 0.533. The standard InChI is InChI=1S/C15H23N3O2/c1-10(2)15-17-13-7-11(16)5-6-14(13)18(15)8-12(20-4)9-19-3/h5-7,10,12H,8-9,16H2,1-4H3. The summed E-state index contributed by atoms with van der Waals surface area (Å²) in [4.78, 5) is 4.71. The van der Waals surface area contributed by atoms with Crippen LogP contribution in [0.25, 0.3) is 11.0 Å². The van der Waals surface area contributed by atoms with Crippen molar-refractivity contribution in [1.82, 2.24) is 9.55 Å². The summed E-state index contributed by atoms with van der Waals surface area (Å²) in [5.74, 6) is 1.38. The van der Waals surface area contributed by atoms with Crippen molar-refractivity contribution in [1.29, 1.82) is 0 Å². The molecule has 20 heavy (non-hydrogen) atoms. The van der Waals surface area contributed by atoms with Gasteiger partial charge < -0.3 is 19.8 Å². The van der Waals surface area contributed by atoms with Crippen LogP contribution in [-0.4, -0.2) is 36.5 Å². The largest absolute Gasteiger partial charge is 0.399 e. The number of ether oxygens (including phenoxy) is 2. The van der Waals surface area contributed by atoms with Gasteiger partial charge in [-0.3, -0.25) is 0 Å². The highest BCUT2D eigenvalue weighted by Gasteiger charge is 2.17. The first kappa shape index (κ1) is 14.8. The lowest BCUT2D eigenvalue weighted by Crippen LogP contribution is -2.25. The van der Waals surface area contributed by atoms with Crippen molar-refractivity contribution in [2.45, 2.75) is 32.4 Å². The second kappa shape index (κ2) is 6.24. The zero-order chi connectivity index (χ0) is 14.7. The Balaban J connectivity index is 2.45. The molecule has 2 aromatic rings. The molecule has 0 amide bonds. The van der Waals surface area contributed by atoms with Gasteiger partial charge in [0.15, 0.2) is 0 Å². The topological polar surface area (TPSA) is 62.3 Å². The first-order valence-electron chi connectivity index (χ1n) is 6.84. The Bertz CT molecular complexity index is 578. The average Bonchev–Trinajstić information content (AvgIpc) is 2.76. The van der Waals surface area contributed by atoms with Crippen molar-refractivity contribution >= 4 is 16.7 Å². The van der Waals surface area contributed by atoms with Crippen LogP contribution in [0, 0.1) is 0 Å². The minimum Gasteiger partial charge on any atom is -0.399 e. The number of methoxy groups -OCH3 is 2. The Morgan fingerprint density at radius 2 is 2.05 bits per heavy atom. The zero-order valence-corrected chi connectivity index (χ0v) is 12.6. The van der Waals surface area contributed by atoms with Crippen molar-refractivity contribution in [3.05, 3.63) is 24.0 Å². The van der Waals surface area contributed by atoms with Gasteiger partial charge in [0.05, 0.1) is 30.3 Å². The zero-order valence-electron chi connectivity index (χ0n) is 12.6. The summed E-state index contributed by atoms with van der Waals surface area (Å²) < 4.78 is 12.9. The van der Waals surface area contributed by atoms with Gasteiger partial charge >= 0.3 is 0 Å². The summed E-state index contributed by atoms with van der Waals surface area (Å²) >= 11 is 0. The van der Waals surface area contributed by atoms with E-state index >= 15 is 0 Å². The monoisotopic (exact) mass is 277 g/mol. The maximum absolute atomic E-state index is 5.84. The van der Waals surface area contributed by atoms with Crippen LogP contribution in [0.1, 0.15) is 25.6 Å². The van der Waals surface area contributed by atoms with E-state index in [9.17, 15) is 0 Å². The van der Waals surface area contributed by atoms with Gasteiger partial charge in [-0.05, 0) is 18.2 Å². The molecule has 1 heterocycles. The van der Waals surface area contributed by atoms with Crippen molar-refractivity contribution in [3.8, 4) is 0 Å². The number of hydrogen-bond acceptors (Lipinski definition) is 4. The SMILES string of the molecule is COCC(Cn1c(C(C)C)nc2cc(N)ccc21)OC. The highest BCUT2D eigenvalue weighted by molar-refractivity contribution is 5.79. The van der Waals surface area contributed by atoms with E-state index in [4.69, 9.17) is 20.2 Å². The molecule has 0 saturated carbocycles. The molecule has 1 atom stereocenters. The number of hydrogen-bond donors (Lipinski definition) is 1. The van der Waals surface area contributed by atoms with E-state index in [1.54, 1.807) is 14.2 Å². The molecule has 5 nitrogen and oxygen atoms in total. The van der Waals surface area contributed by atoms with Gasteiger partial charge in [-0.1, -0.05) is 13.8 Å². The quantitative estimate of drug-likeness (QED) is 0.824. The molecule has 1 aromatic carbocycles. The molecule has 0 aliphatic rings. The predicted octanol–water partition coefficient (Wildman–Crippen LogP) is 2.40. The number of nitrogen functional groups attached to an aromatic ring is 1. The van der Waals surface area contributed by atoms with Gasteiger partial charge in [0, 0.05) is 25.8 Å². The molecule has 5 heteroatoms. The maximum atomic E-state index is 5.84. The molecular weight excluding hydrogens is 254 g/mol. The molecule has 1 aromatic heterocycles. The third-order valence-electron chi connectivity index (χ3n) is 3.39. The van der Waals surface area contributed by atoms with Crippen molar-refractivity contribution in [2.75, 3.05) is 26.6 Å². The van der Waals surface area contributed by atoms with E-state index in [0.717, 1.165) is 29.1 Å². The van der Waals surface area contributed by atoms with Crippen molar-refractivity contribution in [2.24, 2.45) is 0 Å². The summed E-state index contributed by atoms with van der Waals surface area (Å²) in [5, 5.41) is 0. The molecule has 110 valence electrons. The maximum Gasteiger partial charge on any atom is 0.112 e. The first-order valence-corrected chi connectivity index (χ1v) is 6.84. The molecular formula is C15H23N3O2. The lowest BCUT2D eigenvalue weighted by atomic mass is 10.2. The molecule has 2 N–H and O–H groups in total. The van der Waals surface area contributed by atoms with Gasteiger partial charge in [0.1, 0.15) is 5.82 Å². The van der Waals surface area contributed by atoms with Crippen LogP contribution in [0.2, 0.25) is 0 Å². The predicted molar refractivity (Wildman–Crippen MR) is 80.9 cm³/mol. The number of aromatic nitrogens is 2. The lowest BCUT2D eigenvalue weighted by molar-refractivity contribution is 0.0184. The first-order chi connectivity index (χ1) is 9.56. The van der Waals surface area contributed by atoms with E-state index < -0.39 is 0 Å². The molecule has 0 bridgehead atoms. The van der Waals surface area contributed by atoms with E-state index in [0.29, 0.717) is 12.5 Å². The summed E-state index contributed by atoms with van der Waals surface area (Å²) in [6.07, 6.45) is 0.00690. The van der Waals surface area contributed by atoms with Crippen LogP contribution >= 0.6 is 0 Å². The summed E-state index contributed by atoms with van der Waals surface area (Å²) in [6, 6.07) is 5.83. The highest BCUT2D eigenvalue weighted by atomic mass is 16.5. The summed E-state index contributed by atoms with van der Waals surface area (Å²) in [6.45, 7) is 5.55. The van der Waals surface area contributed by atoms with Crippen LogP contribution in [-0.2, 0) is 16.0 Å². The van der Waals surface area contributed by atoms with E-state index in [1.807, 2.05) is 18.2 Å². The Labute approximate surface area is 119 Å². The van der Waals surface area contributed by atoms with E-state index in [-0.39, 0.29) is 6.10 Å². The second-order valence-electron chi connectivity index (χ2n) is 5.30. The number of anilines is 1. The second-order valence-corrected chi connectivity index (χ2v) is 5.30. The Morgan fingerprint density at radius 1 is 1.30 bits per heavy atom. The Morgan fingerprint density at radius 3 is 2.65 bits per heavy atom. The van der Waals surface area contributed by atoms with E-state index in [1.165, 1.54) is 0 Å². The van der Waals surface area contributed by atoms with Crippen molar-refractivity contribution in [3.63, 3.8) is 0 Å². The fourth-order valence-electron chi connectivity index (χ4n) is 2.38. The summed E-state index contributed by atoms with van der Waals surface area (Å²) in [7, 11) is 3.39. The molecule has 0 saturated heterocycles. The number of benzene rings is 1. The average molecular weight is 277 g/mol. The van der Waals surface area contributed by atoms with Gasteiger partial charge in [-0.25, -0.2) is 4.98 Å². The highest BCUT2D eigenvalue weighted by Crippen LogP contribution is 2.24. The van der Waals surface area contributed by atoms with Crippen LogP contribution < -0.4 is 5.73 Å². The third kappa shape index (κ3) is 2.94. The Hall–Kier alpha value is -1.59. The smallest absolute Gasteiger partial charge is 0.112 e. The summed E-state index contributed by atoms with van der Waals surface area (Å²) in [5.41, 5.74) is 8.59. The number of fused-ring (bicyclic) bond motifs is 1. The van der Waals surface area contributed by atoms with Crippen LogP contribution in [0.15, 0.2) is 18.2 Å². The Kier molecular flexibility index (Phi) is 4.62. The van der Waals surface area contributed by atoms with Gasteiger partial charge in [0.25, 0.3) is 0 Å². The number of nitrogens with two attached hydrogens (primary N) is 1. The minimum atomic E-state index is 0.00690. The van der Waals surface area contributed by atoms with Gasteiger partial charge in [0.2, 0.25) is 0 Å². The van der Waals surface area contributed by atoms with Gasteiger partial charge in [-0.2, -0.15) is 0 Å². The lowest BCUT2D eigenvalue weighted by Gasteiger charge is -2.18. The number of imidazole rings is 1. The van der Waals surface area contributed by atoms with Crippen LogP contribution in [0.3, 0.4) is 0 Å². The fourth-order valence-corrected chi connectivity index (χ4v) is 2.38. The van der Waals surface area contributed by atoms with Crippen LogP contribution in [0.4, 0.5) is 5.69 Å². The number of nitrogens with zero attached hydrogens (tertiary/aromatic N) is 2.